The van der Waals surface area contributed by atoms with E-state index in [2.05, 4.69) is 10.3 Å². The van der Waals surface area contributed by atoms with Crippen LogP contribution >= 0.6 is 22.6 Å². The van der Waals surface area contributed by atoms with Gasteiger partial charge < -0.3 is 10.4 Å². The van der Waals surface area contributed by atoms with E-state index in [9.17, 15) is 14.4 Å². The number of nitrogens with one attached hydrogen (secondary N) is 1. The zero-order valence-corrected chi connectivity index (χ0v) is 13.7. The number of allylic oxidation sites excluding steroid dienone is 2. The number of aromatic carboxylic acids is 1. The lowest BCUT2D eigenvalue weighted by molar-refractivity contribution is 0.0696. The molecule has 2 N–H and O–H groups in total. The molecule has 0 saturated heterocycles. The number of halogens is 1. The molecule has 7 heteroatoms. The summed E-state index contributed by atoms with van der Waals surface area (Å²) in [6.45, 7) is 0. The lowest BCUT2D eigenvalue weighted by Crippen LogP contribution is -2.25. The number of fused-ring (bicyclic) bond motifs is 1. The molecule has 0 saturated carbocycles. The fourth-order valence-corrected chi connectivity index (χ4v) is 2.81. The molecular weight excluding hydrogens is 411 g/mol. The standard InChI is InChI=1S/C16H9IN2O4/c17-11-13(19-9-5-3-8(4-6-9)16(22)23)14(20)10-2-1-7-18-12(10)15(11)21/h1-7,19H,(H,22,23). The molecule has 1 aliphatic carbocycles. The van der Waals surface area contributed by atoms with Crippen LogP contribution < -0.4 is 5.32 Å². The molecule has 0 aliphatic heterocycles. The van der Waals surface area contributed by atoms with Crippen LogP contribution in [-0.2, 0) is 0 Å². The summed E-state index contributed by atoms with van der Waals surface area (Å²) in [5.74, 6) is -1.67. The molecule has 2 aromatic rings. The molecule has 114 valence electrons. The Hall–Kier alpha value is -2.55. The van der Waals surface area contributed by atoms with Crippen molar-refractivity contribution in [3.8, 4) is 0 Å². The number of carboxylic acids is 1. The lowest BCUT2D eigenvalue weighted by atomic mass is 9.97. The second-order valence-electron chi connectivity index (χ2n) is 4.75. The number of anilines is 1. The minimum atomic E-state index is -1.03. The second-order valence-corrected chi connectivity index (χ2v) is 5.83. The van der Waals surface area contributed by atoms with Gasteiger partial charge in [-0.05, 0) is 59.0 Å². The van der Waals surface area contributed by atoms with E-state index in [1.165, 1.54) is 30.5 Å². The minimum Gasteiger partial charge on any atom is -0.478 e. The SMILES string of the molecule is O=C(O)c1ccc(NC2=C(I)C(=O)c3ncccc3C2=O)cc1. The fraction of sp³-hybridized carbons (Fsp3) is 0. The maximum Gasteiger partial charge on any atom is 0.335 e. The number of carboxylic acid groups (broad SMARTS) is 1. The van der Waals surface area contributed by atoms with Crippen LogP contribution in [0.4, 0.5) is 5.69 Å². The molecule has 0 radical (unpaired) electrons. The summed E-state index contributed by atoms with van der Waals surface area (Å²) in [5.41, 5.74) is 1.22. The van der Waals surface area contributed by atoms with Crippen LogP contribution in [0.3, 0.4) is 0 Å². The van der Waals surface area contributed by atoms with E-state index < -0.39 is 5.97 Å². The van der Waals surface area contributed by atoms with Gasteiger partial charge in [0.25, 0.3) is 0 Å². The molecule has 0 spiro atoms. The monoisotopic (exact) mass is 420 g/mol. The summed E-state index contributed by atoms with van der Waals surface area (Å²) in [5, 5.41) is 11.8. The molecule has 1 aromatic carbocycles. The van der Waals surface area contributed by atoms with E-state index >= 15 is 0 Å². The number of nitrogens with zero attached hydrogens (tertiary/aromatic N) is 1. The molecule has 1 aromatic heterocycles. The number of ketones is 2. The van der Waals surface area contributed by atoms with E-state index in [-0.39, 0.29) is 37.7 Å². The molecule has 3 rings (SSSR count). The Morgan fingerprint density at radius 1 is 1.09 bits per heavy atom. The van der Waals surface area contributed by atoms with Crippen LogP contribution in [0.2, 0.25) is 0 Å². The number of Topliss-reactive ketones (excluding diaryl/α,β-unsaturated/α-hetero) is 2. The number of hydrogen-bond donors (Lipinski definition) is 2. The molecule has 0 atom stereocenters. The summed E-state index contributed by atoms with van der Waals surface area (Å²) < 4.78 is 0.251. The zero-order valence-electron chi connectivity index (χ0n) is 11.5. The Morgan fingerprint density at radius 2 is 1.78 bits per heavy atom. The third-order valence-electron chi connectivity index (χ3n) is 3.31. The molecule has 23 heavy (non-hydrogen) atoms. The van der Waals surface area contributed by atoms with Crippen molar-refractivity contribution in [2.24, 2.45) is 0 Å². The van der Waals surface area contributed by atoms with Crippen LogP contribution in [0.25, 0.3) is 0 Å². The van der Waals surface area contributed by atoms with Gasteiger partial charge in [0.05, 0.1) is 14.7 Å². The number of carbonyl (C=O) groups excluding carboxylic acids is 2. The van der Waals surface area contributed by atoms with Gasteiger partial charge in [-0.15, -0.1) is 0 Å². The molecule has 0 amide bonds. The highest BCUT2D eigenvalue weighted by Gasteiger charge is 2.32. The first kappa shape index (κ1) is 15.3. The van der Waals surface area contributed by atoms with E-state index in [1.807, 2.05) is 22.6 Å². The Labute approximate surface area is 144 Å². The van der Waals surface area contributed by atoms with Crippen LogP contribution in [0.15, 0.2) is 51.9 Å². The predicted molar refractivity (Wildman–Crippen MR) is 91.0 cm³/mol. The maximum absolute atomic E-state index is 12.5. The van der Waals surface area contributed by atoms with Gasteiger partial charge in [0.1, 0.15) is 11.4 Å². The van der Waals surface area contributed by atoms with Crippen molar-refractivity contribution >= 4 is 45.8 Å². The summed E-state index contributed by atoms with van der Waals surface area (Å²) in [6.07, 6.45) is 1.47. The first-order valence-electron chi connectivity index (χ1n) is 6.53. The van der Waals surface area contributed by atoms with E-state index in [1.54, 1.807) is 12.1 Å². The first-order valence-corrected chi connectivity index (χ1v) is 7.61. The molecule has 0 fully saturated rings. The largest absolute Gasteiger partial charge is 0.478 e. The molecule has 1 aliphatic rings. The fourth-order valence-electron chi connectivity index (χ4n) is 2.17. The van der Waals surface area contributed by atoms with Gasteiger partial charge in [-0.2, -0.15) is 0 Å². The quantitative estimate of drug-likeness (QED) is 0.742. The average Bonchev–Trinajstić information content (AvgIpc) is 2.57. The van der Waals surface area contributed by atoms with Crippen molar-refractivity contribution in [3.63, 3.8) is 0 Å². The summed E-state index contributed by atoms with van der Waals surface area (Å²) in [6, 6.07) is 9.07. The Balaban J connectivity index is 1.96. The van der Waals surface area contributed by atoms with Crippen molar-refractivity contribution in [1.82, 2.24) is 4.98 Å². The van der Waals surface area contributed by atoms with Gasteiger partial charge in [-0.1, -0.05) is 0 Å². The van der Waals surface area contributed by atoms with Crippen LogP contribution in [0.5, 0.6) is 0 Å². The summed E-state index contributed by atoms with van der Waals surface area (Å²) in [7, 11) is 0. The van der Waals surface area contributed by atoms with Crippen LogP contribution in [-0.4, -0.2) is 27.6 Å². The number of hydrogen-bond acceptors (Lipinski definition) is 5. The van der Waals surface area contributed by atoms with Crippen LogP contribution in [0.1, 0.15) is 31.2 Å². The summed E-state index contributed by atoms with van der Waals surface area (Å²) in [4.78, 5) is 39.7. The smallest absolute Gasteiger partial charge is 0.335 e. The van der Waals surface area contributed by atoms with E-state index in [4.69, 9.17) is 5.11 Å². The van der Waals surface area contributed by atoms with Gasteiger partial charge >= 0.3 is 5.97 Å². The molecule has 0 bridgehead atoms. The molecule has 6 nitrogen and oxygen atoms in total. The average molecular weight is 420 g/mol. The van der Waals surface area contributed by atoms with Crippen molar-refractivity contribution in [1.29, 1.82) is 0 Å². The number of benzene rings is 1. The highest BCUT2D eigenvalue weighted by Crippen LogP contribution is 2.29. The topological polar surface area (TPSA) is 96.4 Å². The van der Waals surface area contributed by atoms with E-state index in [0.29, 0.717) is 5.69 Å². The third-order valence-corrected chi connectivity index (χ3v) is 4.34. The highest BCUT2D eigenvalue weighted by molar-refractivity contribution is 14.1. The van der Waals surface area contributed by atoms with Crippen LogP contribution in [0, 0.1) is 0 Å². The summed E-state index contributed by atoms with van der Waals surface area (Å²) >= 11 is 1.81. The van der Waals surface area contributed by atoms with Crippen molar-refractivity contribution in [2.75, 3.05) is 5.32 Å². The minimum absolute atomic E-state index is 0.139. The Morgan fingerprint density at radius 3 is 2.43 bits per heavy atom. The number of carbonyl (C=O) groups is 3. The van der Waals surface area contributed by atoms with E-state index in [0.717, 1.165) is 0 Å². The predicted octanol–water partition coefficient (Wildman–Crippen LogP) is 2.92. The van der Waals surface area contributed by atoms with Gasteiger partial charge in [0, 0.05) is 11.9 Å². The van der Waals surface area contributed by atoms with Gasteiger partial charge in [-0.25, -0.2) is 4.79 Å². The number of rotatable bonds is 3. The molecular formula is C16H9IN2O4. The zero-order chi connectivity index (χ0) is 16.6. The first-order chi connectivity index (χ1) is 11.0. The van der Waals surface area contributed by atoms with Crippen molar-refractivity contribution < 1.29 is 19.5 Å². The van der Waals surface area contributed by atoms with Gasteiger partial charge in [0.2, 0.25) is 11.6 Å². The number of pyridine rings is 1. The number of aromatic nitrogens is 1. The van der Waals surface area contributed by atoms with Gasteiger partial charge in [-0.3, -0.25) is 14.6 Å². The van der Waals surface area contributed by atoms with Gasteiger partial charge in [0.15, 0.2) is 0 Å². The van der Waals surface area contributed by atoms with Crippen molar-refractivity contribution in [2.45, 2.75) is 0 Å². The third kappa shape index (κ3) is 2.74. The second kappa shape index (κ2) is 5.92. The molecule has 0 unspecified atom stereocenters. The van der Waals surface area contributed by atoms with Crippen molar-refractivity contribution in [3.05, 3.63) is 68.7 Å². The normalized spacial score (nSPS) is 13.8. The molecule has 1 heterocycles. The Kier molecular flexibility index (Phi) is 3.95. The highest BCUT2D eigenvalue weighted by atomic mass is 127. The Bertz CT molecular complexity index is 872. The maximum atomic E-state index is 12.5. The lowest BCUT2D eigenvalue weighted by Gasteiger charge is -2.18.